The SMILES string of the molecule is N#Cc1ccccc1Nc1cncc(C(=O)NCCc2c[nH]c3ccccc23)c1. The number of aromatic amines is 1. The molecular weight excluding hydrogens is 362 g/mol. The van der Waals surface area contributed by atoms with Gasteiger partial charge < -0.3 is 15.6 Å². The fourth-order valence-electron chi connectivity index (χ4n) is 3.23. The molecule has 0 unspecified atom stereocenters. The van der Waals surface area contributed by atoms with Crippen LogP contribution in [0.2, 0.25) is 0 Å². The number of hydrogen-bond donors (Lipinski definition) is 3. The van der Waals surface area contributed by atoms with Crippen molar-refractivity contribution in [2.45, 2.75) is 6.42 Å². The normalized spacial score (nSPS) is 10.4. The van der Waals surface area contributed by atoms with E-state index in [0.717, 1.165) is 11.9 Å². The molecule has 1 amide bonds. The summed E-state index contributed by atoms with van der Waals surface area (Å²) in [7, 11) is 0. The number of para-hydroxylation sites is 2. The van der Waals surface area contributed by atoms with Crippen molar-refractivity contribution in [1.29, 1.82) is 5.26 Å². The van der Waals surface area contributed by atoms with Gasteiger partial charge in [-0.05, 0) is 36.2 Å². The molecule has 3 N–H and O–H groups in total. The number of amides is 1. The summed E-state index contributed by atoms with van der Waals surface area (Å²) in [6.45, 7) is 0.523. The van der Waals surface area contributed by atoms with E-state index in [1.807, 2.05) is 36.5 Å². The Balaban J connectivity index is 1.40. The number of pyridine rings is 1. The average Bonchev–Trinajstić information content (AvgIpc) is 3.17. The van der Waals surface area contributed by atoms with Crippen molar-refractivity contribution in [2.75, 3.05) is 11.9 Å². The van der Waals surface area contributed by atoms with Crippen molar-refractivity contribution in [3.63, 3.8) is 0 Å². The fraction of sp³-hybridized carbons (Fsp3) is 0.0870. The van der Waals surface area contributed by atoms with Crippen LogP contribution < -0.4 is 10.6 Å². The second kappa shape index (κ2) is 8.28. The molecule has 0 fully saturated rings. The van der Waals surface area contributed by atoms with Crippen molar-refractivity contribution < 1.29 is 4.79 Å². The predicted molar refractivity (Wildman–Crippen MR) is 113 cm³/mol. The molecule has 0 atom stereocenters. The van der Waals surface area contributed by atoms with Crippen LogP contribution in [0.15, 0.2) is 73.2 Å². The maximum atomic E-state index is 12.5. The van der Waals surface area contributed by atoms with Gasteiger partial charge in [-0.25, -0.2) is 0 Å². The number of H-pyrrole nitrogens is 1. The highest BCUT2D eigenvalue weighted by Gasteiger charge is 2.09. The molecule has 0 saturated heterocycles. The lowest BCUT2D eigenvalue weighted by molar-refractivity contribution is 0.0954. The van der Waals surface area contributed by atoms with Crippen LogP contribution in [0.3, 0.4) is 0 Å². The Morgan fingerprint density at radius 1 is 1.10 bits per heavy atom. The lowest BCUT2D eigenvalue weighted by Gasteiger charge is -2.09. The minimum Gasteiger partial charge on any atom is -0.361 e. The van der Waals surface area contributed by atoms with E-state index in [9.17, 15) is 10.1 Å². The van der Waals surface area contributed by atoms with Gasteiger partial charge in [0.1, 0.15) is 6.07 Å². The number of carbonyl (C=O) groups excluding carboxylic acids is 1. The second-order valence-corrected chi connectivity index (χ2v) is 6.61. The first kappa shape index (κ1) is 18.3. The van der Waals surface area contributed by atoms with Crippen LogP contribution in [-0.4, -0.2) is 22.4 Å². The number of nitrogens with one attached hydrogen (secondary N) is 3. The summed E-state index contributed by atoms with van der Waals surface area (Å²) in [5.74, 6) is -0.186. The first-order valence-electron chi connectivity index (χ1n) is 9.29. The molecule has 0 aliphatic carbocycles. The molecular formula is C23H19N5O. The Morgan fingerprint density at radius 2 is 1.93 bits per heavy atom. The van der Waals surface area contributed by atoms with Gasteiger partial charge in [0.25, 0.3) is 5.91 Å². The maximum Gasteiger partial charge on any atom is 0.252 e. The molecule has 0 saturated carbocycles. The number of anilines is 2. The number of benzene rings is 2. The van der Waals surface area contributed by atoms with E-state index >= 15 is 0 Å². The monoisotopic (exact) mass is 381 g/mol. The second-order valence-electron chi connectivity index (χ2n) is 6.61. The highest BCUT2D eigenvalue weighted by atomic mass is 16.1. The zero-order valence-corrected chi connectivity index (χ0v) is 15.6. The summed E-state index contributed by atoms with van der Waals surface area (Å²) in [4.78, 5) is 19.9. The number of carbonyl (C=O) groups is 1. The third-order valence-corrected chi connectivity index (χ3v) is 4.68. The largest absolute Gasteiger partial charge is 0.361 e. The number of nitriles is 1. The van der Waals surface area contributed by atoms with Crippen LogP contribution in [0, 0.1) is 11.3 Å². The molecule has 29 heavy (non-hydrogen) atoms. The molecule has 2 aromatic carbocycles. The zero-order chi connectivity index (χ0) is 20.1. The lowest BCUT2D eigenvalue weighted by atomic mass is 10.1. The summed E-state index contributed by atoms with van der Waals surface area (Å²) in [5.41, 5.74) is 4.58. The van der Waals surface area contributed by atoms with Crippen LogP contribution in [0.1, 0.15) is 21.5 Å². The maximum absolute atomic E-state index is 12.5. The molecule has 4 rings (SSSR count). The molecule has 4 aromatic rings. The Hall–Kier alpha value is -4.11. The third-order valence-electron chi connectivity index (χ3n) is 4.68. The van der Waals surface area contributed by atoms with E-state index in [2.05, 4.69) is 32.7 Å². The number of rotatable bonds is 6. The van der Waals surface area contributed by atoms with Crippen molar-refractivity contribution in [3.05, 3.63) is 89.9 Å². The summed E-state index contributed by atoms with van der Waals surface area (Å²) >= 11 is 0. The van der Waals surface area contributed by atoms with Gasteiger partial charge in [-0.2, -0.15) is 5.26 Å². The van der Waals surface area contributed by atoms with Crippen molar-refractivity contribution >= 4 is 28.2 Å². The zero-order valence-electron chi connectivity index (χ0n) is 15.6. The Labute approximate surface area is 168 Å². The van der Waals surface area contributed by atoms with Gasteiger partial charge in [-0.1, -0.05) is 30.3 Å². The fourth-order valence-corrected chi connectivity index (χ4v) is 3.23. The molecule has 0 radical (unpaired) electrons. The standard InChI is InChI=1S/C23H19N5O/c24-12-16-5-1-3-7-21(16)28-19-11-18(13-25-15-19)23(29)26-10-9-17-14-27-22-8-4-2-6-20(17)22/h1-8,11,13-15,27-28H,9-10H2,(H,26,29). The highest BCUT2D eigenvalue weighted by Crippen LogP contribution is 2.20. The van der Waals surface area contributed by atoms with Gasteiger partial charge in [0.15, 0.2) is 0 Å². The van der Waals surface area contributed by atoms with E-state index < -0.39 is 0 Å². The van der Waals surface area contributed by atoms with E-state index in [1.54, 1.807) is 24.4 Å². The van der Waals surface area contributed by atoms with Gasteiger partial charge in [-0.15, -0.1) is 0 Å². The minimum absolute atomic E-state index is 0.186. The van der Waals surface area contributed by atoms with Crippen LogP contribution in [-0.2, 0) is 6.42 Å². The van der Waals surface area contributed by atoms with E-state index in [-0.39, 0.29) is 5.91 Å². The van der Waals surface area contributed by atoms with Crippen LogP contribution >= 0.6 is 0 Å². The molecule has 2 heterocycles. The molecule has 0 bridgehead atoms. The van der Waals surface area contributed by atoms with Crippen molar-refractivity contribution in [3.8, 4) is 6.07 Å². The van der Waals surface area contributed by atoms with Gasteiger partial charge in [0.05, 0.1) is 28.7 Å². The Morgan fingerprint density at radius 3 is 2.83 bits per heavy atom. The molecule has 6 nitrogen and oxygen atoms in total. The van der Waals surface area contributed by atoms with Crippen LogP contribution in [0.25, 0.3) is 10.9 Å². The summed E-state index contributed by atoms with van der Waals surface area (Å²) in [6.07, 6.45) is 5.87. The highest BCUT2D eigenvalue weighted by molar-refractivity contribution is 5.95. The number of nitrogens with zero attached hydrogens (tertiary/aromatic N) is 2. The Kier molecular flexibility index (Phi) is 5.21. The first-order valence-corrected chi connectivity index (χ1v) is 9.29. The first-order chi connectivity index (χ1) is 14.2. The predicted octanol–water partition coefficient (Wildman–Crippen LogP) is 4.15. The van der Waals surface area contributed by atoms with E-state index in [1.165, 1.54) is 17.1 Å². The molecule has 142 valence electrons. The van der Waals surface area contributed by atoms with Gasteiger partial charge >= 0.3 is 0 Å². The van der Waals surface area contributed by atoms with E-state index in [4.69, 9.17) is 0 Å². The minimum atomic E-state index is -0.186. The average molecular weight is 381 g/mol. The van der Waals surface area contributed by atoms with Crippen LogP contribution in [0.5, 0.6) is 0 Å². The summed E-state index contributed by atoms with van der Waals surface area (Å²) < 4.78 is 0. The Bertz CT molecular complexity index is 1210. The molecule has 6 heteroatoms. The number of hydrogen-bond acceptors (Lipinski definition) is 4. The molecule has 2 aromatic heterocycles. The lowest BCUT2D eigenvalue weighted by Crippen LogP contribution is -2.25. The van der Waals surface area contributed by atoms with Crippen molar-refractivity contribution in [2.24, 2.45) is 0 Å². The molecule has 0 aliphatic heterocycles. The molecule has 0 aliphatic rings. The topological polar surface area (TPSA) is 93.6 Å². The van der Waals surface area contributed by atoms with Crippen LogP contribution in [0.4, 0.5) is 11.4 Å². The van der Waals surface area contributed by atoms with E-state index in [0.29, 0.717) is 29.0 Å². The van der Waals surface area contributed by atoms with Gasteiger partial charge in [-0.3, -0.25) is 9.78 Å². The third kappa shape index (κ3) is 4.09. The smallest absolute Gasteiger partial charge is 0.252 e. The molecule has 0 spiro atoms. The van der Waals surface area contributed by atoms with Gasteiger partial charge in [0, 0.05) is 29.8 Å². The van der Waals surface area contributed by atoms with Crippen molar-refractivity contribution in [1.82, 2.24) is 15.3 Å². The number of fused-ring (bicyclic) bond motifs is 1. The van der Waals surface area contributed by atoms with Gasteiger partial charge in [0.2, 0.25) is 0 Å². The summed E-state index contributed by atoms with van der Waals surface area (Å²) in [6, 6.07) is 19.2. The number of aromatic nitrogens is 2. The quantitative estimate of drug-likeness (QED) is 0.468. The summed E-state index contributed by atoms with van der Waals surface area (Å²) in [5, 5.41) is 16.5.